The molecule has 0 atom stereocenters. The summed E-state index contributed by atoms with van der Waals surface area (Å²) in [4.78, 5) is 15.1. The van der Waals surface area contributed by atoms with Gasteiger partial charge in [-0.3, -0.25) is 0 Å². The number of hydrogen-bond donors (Lipinski definition) is 1. The summed E-state index contributed by atoms with van der Waals surface area (Å²) in [5.41, 5.74) is 18.2. The van der Waals surface area contributed by atoms with Crippen LogP contribution >= 0.6 is 0 Å². The van der Waals surface area contributed by atoms with Crippen LogP contribution in [0.2, 0.25) is 0 Å². The molecule has 0 bridgehead atoms. The molecule has 2 N–H and O–H groups in total. The van der Waals surface area contributed by atoms with E-state index in [9.17, 15) is 0 Å². The molecule has 0 spiro atoms. The van der Waals surface area contributed by atoms with Crippen LogP contribution in [0.3, 0.4) is 0 Å². The van der Waals surface area contributed by atoms with E-state index in [0.29, 0.717) is 46.2 Å². The Morgan fingerprint density at radius 3 is 1.72 bits per heavy atom. The van der Waals surface area contributed by atoms with Crippen molar-refractivity contribution >= 4 is 5.69 Å². The predicted octanol–water partition coefficient (Wildman–Crippen LogP) is 12.0. The second-order valence-electron chi connectivity index (χ2n) is 14.3. The molecule has 2 heterocycles. The van der Waals surface area contributed by atoms with Crippen LogP contribution in [0.4, 0.5) is 5.69 Å². The summed E-state index contributed by atoms with van der Waals surface area (Å²) in [7, 11) is 0. The molecule has 0 saturated carbocycles. The lowest BCUT2D eigenvalue weighted by atomic mass is 9.82. The average Bonchev–Trinajstić information content (AvgIpc) is 3.44. The molecule has 7 aromatic carbocycles. The minimum atomic E-state index is -0.155. The van der Waals surface area contributed by atoms with Crippen LogP contribution in [0.15, 0.2) is 158 Å². The van der Waals surface area contributed by atoms with Gasteiger partial charge in [0.1, 0.15) is 0 Å². The highest BCUT2D eigenvalue weighted by Gasteiger charge is 2.37. The number of ether oxygens (including phenoxy) is 2. The molecule has 54 heavy (non-hydrogen) atoms. The van der Waals surface area contributed by atoms with Crippen molar-refractivity contribution in [3.8, 4) is 90.5 Å². The van der Waals surface area contributed by atoms with Crippen LogP contribution in [0.25, 0.3) is 67.5 Å². The molecule has 0 amide bonds. The molecule has 8 aromatic rings. The highest BCUT2D eigenvalue weighted by Crippen LogP contribution is 2.56. The number of rotatable bonds is 5. The third-order valence-corrected chi connectivity index (χ3v) is 10.5. The lowest BCUT2D eigenvalue weighted by Crippen LogP contribution is -2.15. The topological polar surface area (TPSA) is 83.2 Å². The number of nitrogen functional groups attached to an aromatic ring is 1. The SMILES string of the molecule is CC1(C)c2ccccc2-c2cc3c(cc21)Oc1c(cccc1-c1cccc(-c2nc(-c4ccccc4)nc(-c4cccc(-c5cccc(N)c5)c4)n2)c1)O3. The molecule has 6 nitrogen and oxygen atoms in total. The Balaban J connectivity index is 1.05. The van der Waals surface area contributed by atoms with E-state index in [2.05, 4.69) is 86.6 Å². The third kappa shape index (κ3) is 5.30. The van der Waals surface area contributed by atoms with Gasteiger partial charge in [-0.25, -0.2) is 15.0 Å². The van der Waals surface area contributed by atoms with Crippen LogP contribution in [0.1, 0.15) is 25.0 Å². The van der Waals surface area contributed by atoms with E-state index in [-0.39, 0.29) is 5.41 Å². The Hall–Kier alpha value is -7.05. The van der Waals surface area contributed by atoms with Gasteiger partial charge in [-0.15, -0.1) is 0 Å². The van der Waals surface area contributed by atoms with Gasteiger partial charge in [0.2, 0.25) is 0 Å². The van der Waals surface area contributed by atoms with Gasteiger partial charge in [0, 0.05) is 33.4 Å². The highest BCUT2D eigenvalue weighted by molar-refractivity contribution is 5.85. The van der Waals surface area contributed by atoms with Crippen molar-refractivity contribution in [3.05, 3.63) is 169 Å². The normalized spacial score (nSPS) is 13.1. The van der Waals surface area contributed by atoms with Crippen LogP contribution in [0.5, 0.6) is 23.0 Å². The van der Waals surface area contributed by atoms with Gasteiger partial charge in [0.25, 0.3) is 0 Å². The number of nitrogens with two attached hydrogens (primary N) is 1. The standard InChI is InChI=1S/C48H34N4O2/c1-48(2)39-22-7-6-20-37(39)38-27-42-43(28-40(38)48)54-44-36(21-11-23-41(44)53-42)32-16-9-18-34(25-32)47-51-45(29-12-4-3-5-13-29)50-46(52-47)33-17-8-14-30(24-33)31-15-10-19-35(49)26-31/h3-28H,49H2,1-2H3. The first-order valence-electron chi connectivity index (χ1n) is 18.0. The van der Waals surface area contributed by atoms with Gasteiger partial charge in [-0.2, -0.15) is 0 Å². The van der Waals surface area contributed by atoms with Gasteiger partial charge < -0.3 is 15.2 Å². The summed E-state index contributed by atoms with van der Waals surface area (Å²) >= 11 is 0. The summed E-state index contributed by atoms with van der Waals surface area (Å²) in [6, 6.07) is 53.3. The Bertz CT molecular complexity index is 2770. The quantitative estimate of drug-likeness (QED) is 0.180. The van der Waals surface area contributed by atoms with Crippen molar-refractivity contribution in [2.24, 2.45) is 0 Å². The molecule has 10 rings (SSSR count). The number of benzene rings is 7. The molecule has 0 radical (unpaired) electrons. The summed E-state index contributed by atoms with van der Waals surface area (Å²) in [5.74, 6) is 4.52. The van der Waals surface area contributed by atoms with E-state index in [1.54, 1.807) is 0 Å². The fourth-order valence-corrected chi connectivity index (χ4v) is 7.76. The summed E-state index contributed by atoms with van der Waals surface area (Å²) < 4.78 is 13.3. The number of hydrogen-bond acceptors (Lipinski definition) is 6. The molecular formula is C48H34N4O2. The fourth-order valence-electron chi connectivity index (χ4n) is 7.76. The average molecular weight is 699 g/mol. The van der Waals surface area contributed by atoms with Crippen LogP contribution in [-0.4, -0.2) is 15.0 Å². The molecule has 258 valence electrons. The monoisotopic (exact) mass is 698 g/mol. The van der Waals surface area contributed by atoms with Gasteiger partial charge in [0.15, 0.2) is 40.5 Å². The Morgan fingerprint density at radius 2 is 0.963 bits per heavy atom. The molecule has 2 aliphatic rings. The minimum absolute atomic E-state index is 0.155. The maximum Gasteiger partial charge on any atom is 0.177 e. The Labute approximate surface area is 313 Å². The zero-order chi connectivity index (χ0) is 36.4. The molecule has 1 aromatic heterocycles. The van der Waals surface area contributed by atoms with Crippen molar-refractivity contribution in [2.75, 3.05) is 5.73 Å². The minimum Gasteiger partial charge on any atom is -0.449 e. The zero-order valence-corrected chi connectivity index (χ0v) is 29.7. The van der Waals surface area contributed by atoms with Crippen LogP contribution < -0.4 is 15.2 Å². The van der Waals surface area contributed by atoms with Crippen molar-refractivity contribution in [1.82, 2.24) is 15.0 Å². The molecular weight excluding hydrogens is 665 g/mol. The first kappa shape index (κ1) is 31.7. The van der Waals surface area contributed by atoms with Gasteiger partial charge in [-0.05, 0) is 81.4 Å². The first-order chi connectivity index (χ1) is 26.4. The van der Waals surface area contributed by atoms with Gasteiger partial charge in [-0.1, -0.05) is 129 Å². The fraction of sp³-hybridized carbons (Fsp3) is 0.0625. The van der Waals surface area contributed by atoms with Crippen molar-refractivity contribution in [3.63, 3.8) is 0 Å². The van der Waals surface area contributed by atoms with E-state index in [0.717, 1.165) is 38.9 Å². The molecule has 0 fully saturated rings. The lowest BCUT2D eigenvalue weighted by Gasteiger charge is -2.26. The second kappa shape index (κ2) is 12.3. The number of fused-ring (bicyclic) bond motifs is 5. The lowest BCUT2D eigenvalue weighted by molar-refractivity contribution is 0.360. The largest absolute Gasteiger partial charge is 0.449 e. The zero-order valence-electron chi connectivity index (χ0n) is 29.7. The maximum absolute atomic E-state index is 6.76. The van der Waals surface area contributed by atoms with Crippen LogP contribution in [0, 0.1) is 0 Å². The number of nitrogens with zero attached hydrogens (tertiary/aromatic N) is 3. The molecule has 0 unspecified atom stereocenters. The van der Waals surface area contributed by atoms with E-state index < -0.39 is 0 Å². The predicted molar refractivity (Wildman–Crippen MR) is 216 cm³/mol. The Kier molecular flexibility index (Phi) is 7.20. The first-order valence-corrected chi connectivity index (χ1v) is 18.0. The van der Waals surface area contributed by atoms with E-state index >= 15 is 0 Å². The highest BCUT2D eigenvalue weighted by atomic mass is 16.6. The summed E-state index contributed by atoms with van der Waals surface area (Å²) in [6.45, 7) is 4.54. The van der Waals surface area contributed by atoms with Crippen molar-refractivity contribution < 1.29 is 9.47 Å². The summed E-state index contributed by atoms with van der Waals surface area (Å²) in [5, 5.41) is 0. The van der Waals surface area contributed by atoms with Crippen LogP contribution in [-0.2, 0) is 5.41 Å². The maximum atomic E-state index is 6.76. The summed E-state index contributed by atoms with van der Waals surface area (Å²) in [6.07, 6.45) is 0. The smallest absolute Gasteiger partial charge is 0.177 e. The Morgan fingerprint density at radius 1 is 0.407 bits per heavy atom. The van der Waals surface area contributed by atoms with E-state index in [4.69, 9.17) is 30.2 Å². The van der Waals surface area contributed by atoms with Gasteiger partial charge in [0.05, 0.1) is 0 Å². The van der Waals surface area contributed by atoms with Crippen molar-refractivity contribution in [2.45, 2.75) is 19.3 Å². The molecule has 1 aliphatic carbocycles. The third-order valence-electron chi connectivity index (χ3n) is 10.5. The number of aromatic nitrogens is 3. The number of para-hydroxylation sites is 1. The van der Waals surface area contributed by atoms with Crippen molar-refractivity contribution in [1.29, 1.82) is 0 Å². The molecule has 1 aliphatic heterocycles. The second-order valence-corrected chi connectivity index (χ2v) is 14.3. The molecule has 0 saturated heterocycles. The number of anilines is 1. The van der Waals surface area contributed by atoms with E-state index in [1.165, 1.54) is 22.3 Å². The molecule has 6 heteroatoms. The van der Waals surface area contributed by atoms with E-state index in [1.807, 2.05) is 84.9 Å². The van der Waals surface area contributed by atoms with Gasteiger partial charge >= 0.3 is 0 Å².